The standard InChI is InChI=1S/C27H30N8O2/c1-17(34-9-11-35(12-10-34)26(36)18-3-4-18)19-7-8-28-24(14-19)33-27-31-21-6-5-20(13-23(21)32-27)22-15-25(37-2)30-16-29-22/h5-8,13-18H,3-4,9-12H2,1-2H3,(H2,28,31,32,33)/t17-/m1/s1. The molecule has 2 fully saturated rings. The van der Waals surface area contributed by atoms with Gasteiger partial charge in [-0.2, -0.15) is 0 Å². The fourth-order valence-corrected chi connectivity index (χ4v) is 4.86. The van der Waals surface area contributed by atoms with Crippen molar-refractivity contribution in [3.05, 3.63) is 54.5 Å². The summed E-state index contributed by atoms with van der Waals surface area (Å²) < 4.78 is 5.22. The number of carbonyl (C=O) groups is 1. The van der Waals surface area contributed by atoms with Crippen molar-refractivity contribution in [3.63, 3.8) is 0 Å². The normalized spacial score (nSPS) is 17.1. The minimum atomic E-state index is 0.227. The van der Waals surface area contributed by atoms with Gasteiger partial charge in [0, 0.05) is 56.0 Å². The molecule has 10 nitrogen and oxygen atoms in total. The number of nitrogens with one attached hydrogen (secondary N) is 2. The number of carbonyl (C=O) groups excluding carboxylic acids is 1. The number of pyridine rings is 1. The fraction of sp³-hybridized carbons (Fsp3) is 0.370. The zero-order chi connectivity index (χ0) is 25.4. The number of piperazine rings is 1. The summed E-state index contributed by atoms with van der Waals surface area (Å²) in [7, 11) is 1.59. The van der Waals surface area contributed by atoms with Crippen LogP contribution in [-0.4, -0.2) is 73.9 Å². The SMILES string of the molecule is COc1cc(-c2ccc3nc(Nc4cc([C@@H](C)N5CCN(C(=O)C6CC6)CC5)ccn4)[nH]c3c2)ncn1. The van der Waals surface area contributed by atoms with E-state index >= 15 is 0 Å². The van der Waals surface area contributed by atoms with E-state index in [0.29, 0.717) is 23.7 Å². The largest absolute Gasteiger partial charge is 0.481 e. The van der Waals surface area contributed by atoms with Gasteiger partial charge in [0.2, 0.25) is 17.7 Å². The predicted molar refractivity (Wildman–Crippen MR) is 140 cm³/mol. The van der Waals surface area contributed by atoms with Crippen LogP contribution in [0.4, 0.5) is 11.8 Å². The zero-order valence-corrected chi connectivity index (χ0v) is 21.0. The highest BCUT2D eigenvalue weighted by Gasteiger charge is 2.35. The van der Waals surface area contributed by atoms with Gasteiger partial charge in [-0.15, -0.1) is 0 Å². The van der Waals surface area contributed by atoms with Gasteiger partial charge >= 0.3 is 0 Å². The summed E-state index contributed by atoms with van der Waals surface area (Å²) >= 11 is 0. The maximum absolute atomic E-state index is 12.4. The van der Waals surface area contributed by atoms with Gasteiger partial charge in [0.25, 0.3) is 0 Å². The van der Waals surface area contributed by atoms with E-state index in [1.165, 1.54) is 11.9 Å². The van der Waals surface area contributed by atoms with Gasteiger partial charge in [-0.1, -0.05) is 6.07 Å². The maximum atomic E-state index is 12.4. The average molecular weight is 499 g/mol. The number of benzene rings is 1. The molecular weight excluding hydrogens is 468 g/mol. The molecule has 1 amide bonds. The van der Waals surface area contributed by atoms with E-state index < -0.39 is 0 Å². The Morgan fingerprint density at radius 2 is 1.92 bits per heavy atom. The van der Waals surface area contributed by atoms with Gasteiger partial charge in [-0.3, -0.25) is 9.69 Å². The molecule has 2 aliphatic rings. The van der Waals surface area contributed by atoms with Crippen LogP contribution in [0.3, 0.4) is 0 Å². The molecule has 1 aromatic carbocycles. The Kier molecular flexibility index (Phi) is 6.17. The predicted octanol–water partition coefficient (Wildman–Crippen LogP) is 3.78. The molecule has 4 aromatic rings. The Morgan fingerprint density at radius 1 is 1.08 bits per heavy atom. The first kappa shape index (κ1) is 23.4. The van der Waals surface area contributed by atoms with Gasteiger partial charge in [0.05, 0.1) is 23.8 Å². The second kappa shape index (κ2) is 9.78. The summed E-state index contributed by atoms with van der Waals surface area (Å²) in [6.45, 7) is 5.59. The molecule has 4 heterocycles. The third-order valence-corrected chi connectivity index (χ3v) is 7.24. The Labute approximate surface area is 215 Å². The summed E-state index contributed by atoms with van der Waals surface area (Å²) in [5.41, 5.74) is 4.63. The Morgan fingerprint density at radius 3 is 2.70 bits per heavy atom. The Balaban J connectivity index is 1.14. The van der Waals surface area contributed by atoms with E-state index in [-0.39, 0.29) is 6.04 Å². The number of imidazole rings is 1. The number of nitrogens with zero attached hydrogens (tertiary/aromatic N) is 6. The van der Waals surface area contributed by atoms with Crippen molar-refractivity contribution in [1.82, 2.24) is 34.7 Å². The Bertz CT molecular complexity index is 1420. The molecule has 37 heavy (non-hydrogen) atoms. The molecule has 1 atom stereocenters. The molecule has 10 heteroatoms. The minimum absolute atomic E-state index is 0.227. The number of amides is 1. The topological polar surface area (TPSA) is 112 Å². The number of aromatic amines is 1. The van der Waals surface area contributed by atoms with Crippen molar-refractivity contribution in [2.45, 2.75) is 25.8 Å². The quantitative estimate of drug-likeness (QED) is 0.396. The first-order valence-corrected chi connectivity index (χ1v) is 12.7. The number of hydrogen-bond acceptors (Lipinski definition) is 8. The van der Waals surface area contributed by atoms with E-state index in [1.807, 2.05) is 29.3 Å². The summed E-state index contributed by atoms with van der Waals surface area (Å²) in [5, 5.41) is 3.32. The van der Waals surface area contributed by atoms with Crippen LogP contribution < -0.4 is 10.1 Å². The van der Waals surface area contributed by atoms with Crippen molar-refractivity contribution in [2.24, 2.45) is 5.92 Å². The number of aromatic nitrogens is 5. The molecule has 0 spiro atoms. The van der Waals surface area contributed by atoms with E-state index in [1.54, 1.807) is 13.2 Å². The lowest BCUT2D eigenvalue weighted by atomic mass is 10.1. The number of rotatable bonds is 7. The third-order valence-electron chi connectivity index (χ3n) is 7.24. The van der Waals surface area contributed by atoms with Crippen molar-refractivity contribution >= 4 is 28.7 Å². The molecule has 3 aromatic heterocycles. The van der Waals surface area contributed by atoms with Gasteiger partial charge in [-0.05, 0) is 49.6 Å². The number of methoxy groups -OCH3 is 1. The monoisotopic (exact) mass is 498 g/mol. The van der Waals surface area contributed by atoms with Crippen LogP contribution in [0.2, 0.25) is 0 Å². The van der Waals surface area contributed by atoms with E-state index in [2.05, 4.69) is 54.2 Å². The smallest absolute Gasteiger partial charge is 0.225 e. The lowest BCUT2D eigenvalue weighted by Gasteiger charge is -2.38. The molecule has 0 bridgehead atoms. The molecule has 0 radical (unpaired) electrons. The van der Waals surface area contributed by atoms with Crippen molar-refractivity contribution < 1.29 is 9.53 Å². The number of anilines is 2. The van der Waals surface area contributed by atoms with E-state index in [4.69, 9.17) is 4.74 Å². The number of hydrogen-bond donors (Lipinski definition) is 2. The number of fused-ring (bicyclic) bond motifs is 1. The number of H-pyrrole nitrogens is 1. The number of ether oxygens (including phenoxy) is 1. The second-order valence-electron chi connectivity index (χ2n) is 9.67. The van der Waals surface area contributed by atoms with Crippen LogP contribution in [0, 0.1) is 5.92 Å². The average Bonchev–Trinajstić information content (AvgIpc) is 3.72. The fourth-order valence-electron chi connectivity index (χ4n) is 4.86. The van der Waals surface area contributed by atoms with E-state index in [9.17, 15) is 4.79 Å². The van der Waals surface area contributed by atoms with Crippen molar-refractivity contribution in [3.8, 4) is 17.1 Å². The molecule has 190 valence electrons. The Hall–Kier alpha value is -4.05. The molecule has 0 unspecified atom stereocenters. The summed E-state index contributed by atoms with van der Waals surface area (Å²) in [5.74, 6) is 2.50. The van der Waals surface area contributed by atoms with E-state index in [0.717, 1.165) is 67.1 Å². The van der Waals surface area contributed by atoms with Crippen LogP contribution in [0.1, 0.15) is 31.4 Å². The molecular formula is C27H30N8O2. The van der Waals surface area contributed by atoms with Crippen LogP contribution in [-0.2, 0) is 4.79 Å². The van der Waals surface area contributed by atoms with Gasteiger partial charge < -0.3 is 19.9 Å². The highest BCUT2D eigenvalue weighted by molar-refractivity contribution is 5.83. The molecule has 1 saturated heterocycles. The first-order chi connectivity index (χ1) is 18.1. The first-order valence-electron chi connectivity index (χ1n) is 12.7. The maximum Gasteiger partial charge on any atom is 0.225 e. The summed E-state index contributed by atoms with van der Waals surface area (Å²) in [4.78, 5) is 37.8. The lowest BCUT2D eigenvalue weighted by molar-refractivity contribution is -0.134. The second-order valence-corrected chi connectivity index (χ2v) is 9.67. The minimum Gasteiger partial charge on any atom is -0.481 e. The molecule has 6 rings (SSSR count). The molecule has 1 saturated carbocycles. The van der Waals surface area contributed by atoms with Crippen LogP contribution >= 0.6 is 0 Å². The van der Waals surface area contributed by atoms with Crippen molar-refractivity contribution in [1.29, 1.82) is 0 Å². The van der Waals surface area contributed by atoms with Gasteiger partial charge in [0.1, 0.15) is 12.1 Å². The molecule has 2 N–H and O–H groups in total. The van der Waals surface area contributed by atoms with Crippen molar-refractivity contribution in [2.75, 3.05) is 38.6 Å². The van der Waals surface area contributed by atoms with Crippen LogP contribution in [0.15, 0.2) is 48.9 Å². The van der Waals surface area contributed by atoms with Gasteiger partial charge in [0.15, 0.2) is 0 Å². The highest BCUT2D eigenvalue weighted by atomic mass is 16.5. The zero-order valence-electron chi connectivity index (χ0n) is 21.0. The van der Waals surface area contributed by atoms with Crippen LogP contribution in [0.5, 0.6) is 5.88 Å². The highest BCUT2D eigenvalue weighted by Crippen LogP contribution is 2.32. The van der Waals surface area contributed by atoms with Gasteiger partial charge in [-0.25, -0.2) is 19.9 Å². The summed E-state index contributed by atoms with van der Waals surface area (Å²) in [6.07, 6.45) is 5.44. The lowest BCUT2D eigenvalue weighted by Crippen LogP contribution is -2.49. The molecule has 1 aliphatic heterocycles. The third kappa shape index (κ3) is 4.97. The molecule has 1 aliphatic carbocycles. The van der Waals surface area contributed by atoms with Crippen LogP contribution in [0.25, 0.3) is 22.3 Å². The summed E-state index contributed by atoms with van der Waals surface area (Å²) in [6, 6.07) is 12.1.